The number of anilines is 1. The molecule has 0 spiro atoms. The molecule has 0 aliphatic carbocycles. The van der Waals surface area contributed by atoms with Gasteiger partial charge in [0.25, 0.3) is 0 Å². The number of nitrogens with zero attached hydrogens (tertiary/aromatic N) is 1. The number of unbranched alkanes of at least 4 members (excludes halogenated alkanes) is 2. The number of hydrogen-bond donors (Lipinski definition) is 1. The quantitative estimate of drug-likeness (QED) is 0.577. The highest BCUT2D eigenvalue weighted by Crippen LogP contribution is 2.19. The summed E-state index contributed by atoms with van der Waals surface area (Å²) in [4.78, 5) is 11.9. The molecular weight excluding hydrogens is 333 g/mol. The van der Waals surface area contributed by atoms with E-state index in [0.29, 0.717) is 12.5 Å². The normalized spacial score (nSPS) is 11.7. The van der Waals surface area contributed by atoms with Crippen molar-refractivity contribution in [3.05, 3.63) is 29.6 Å². The van der Waals surface area contributed by atoms with Crippen molar-refractivity contribution in [2.45, 2.75) is 26.2 Å². The first-order valence-electron chi connectivity index (χ1n) is 7.05. The van der Waals surface area contributed by atoms with Crippen molar-refractivity contribution in [1.29, 1.82) is 0 Å². The number of amides is 1. The minimum Gasteiger partial charge on any atom is -0.322 e. The molecule has 130 valence electrons. The first-order valence-corrected chi connectivity index (χ1v) is 8.90. The van der Waals surface area contributed by atoms with Gasteiger partial charge in [-0.3, -0.25) is 4.79 Å². The molecule has 23 heavy (non-hydrogen) atoms. The van der Waals surface area contributed by atoms with Crippen LogP contribution < -0.4 is 5.32 Å². The third-order valence-corrected chi connectivity index (χ3v) is 4.36. The summed E-state index contributed by atoms with van der Waals surface area (Å²) in [6, 6.07) is 1.54. The monoisotopic (exact) mass is 352 g/mol. The molecule has 0 atom stereocenters. The maximum Gasteiger partial charge on any atom is 0.239 e. The molecule has 0 unspecified atom stereocenters. The predicted molar refractivity (Wildman–Crippen MR) is 80.9 cm³/mol. The Labute approximate surface area is 133 Å². The van der Waals surface area contributed by atoms with E-state index < -0.39 is 45.6 Å². The smallest absolute Gasteiger partial charge is 0.239 e. The van der Waals surface area contributed by atoms with Crippen molar-refractivity contribution >= 4 is 21.6 Å². The zero-order valence-corrected chi connectivity index (χ0v) is 13.7. The Morgan fingerprint density at radius 3 is 2.39 bits per heavy atom. The van der Waals surface area contributed by atoms with E-state index in [1.807, 2.05) is 12.2 Å². The van der Waals surface area contributed by atoms with Gasteiger partial charge in [0.1, 0.15) is 0 Å². The fourth-order valence-corrected chi connectivity index (χ4v) is 2.69. The molecule has 1 amide bonds. The summed E-state index contributed by atoms with van der Waals surface area (Å²) in [6.07, 6.45) is 3.22. The molecule has 0 aromatic heterocycles. The first kappa shape index (κ1) is 19.4. The number of nitrogens with one attached hydrogen (secondary N) is 1. The molecule has 0 bridgehead atoms. The Balaban J connectivity index is 2.78. The molecule has 9 heteroatoms. The second kappa shape index (κ2) is 8.30. The largest absolute Gasteiger partial charge is 0.322 e. The molecule has 0 aliphatic heterocycles. The number of hydrogen-bond acceptors (Lipinski definition) is 3. The van der Waals surface area contributed by atoms with Crippen molar-refractivity contribution in [2.24, 2.45) is 0 Å². The molecule has 1 aromatic carbocycles. The van der Waals surface area contributed by atoms with E-state index in [-0.39, 0.29) is 6.54 Å². The van der Waals surface area contributed by atoms with Crippen molar-refractivity contribution in [3.8, 4) is 0 Å². The maximum absolute atomic E-state index is 13.5. The summed E-state index contributed by atoms with van der Waals surface area (Å²) in [5.41, 5.74) is -0.545. The van der Waals surface area contributed by atoms with Gasteiger partial charge >= 0.3 is 0 Å². The highest BCUT2D eigenvalue weighted by atomic mass is 32.2. The summed E-state index contributed by atoms with van der Waals surface area (Å²) >= 11 is 0. The number of halogens is 3. The van der Waals surface area contributed by atoms with Crippen LogP contribution in [0.25, 0.3) is 0 Å². The van der Waals surface area contributed by atoms with Crippen molar-refractivity contribution in [3.63, 3.8) is 0 Å². The van der Waals surface area contributed by atoms with Gasteiger partial charge in [0.05, 0.1) is 18.5 Å². The molecule has 0 saturated heterocycles. The van der Waals surface area contributed by atoms with Gasteiger partial charge in [-0.25, -0.2) is 21.6 Å². The molecule has 1 aromatic rings. The minimum atomic E-state index is -3.61. The van der Waals surface area contributed by atoms with Gasteiger partial charge in [0.2, 0.25) is 15.9 Å². The van der Waals surface area contributed by atoms with E-state index in [1.165, 1.54) is 0 Å². The maximum atomic E-state index is 13.5. The van der Waals surface area contributed by atoms with Crippen molar-refractivity contribution in [2.75, 3.05) is 24.7 Å². The zero-order chi connectivity index (χ0) is 17.6. The van der Waals surface area contributed by atoms with Gasteiger partial charge in [0, 0.05) is 6.54 Å². The van der Waals surface area contributed by atoms with Gasteiger partial charge in [0.15, 0.2) is 17.5 Å². The van der Waals surface area contributed by atoms with Crippen LogP contribution in [0.5, 0.6) is 0 Å². The van der Waals surface area contributed by atoms with Crippen molar-refractivity contribution < 1.29 is 26.4 Å². The highest BCUT2D eigenvalue weighted by molar-refractivity contribution is 7.88. The zero-order valence-electron chi connectivity index (χ0n) is 12.9. The fraction of sp³-hybridized carbons (Fsp3) is 0.500. The molecule has 0 saturated carbocycles. The Hall–Kier alpha value is -1.61. The summed E-state index contributed by atoms with van der Waals surface area (Å²) in [7, 11) is -3.61. The van der Waals surface area contributed by atoms with Crippen LogP contribution in [0.3, 0.4) is 0 Å². The second-order valence-electron chi connectivity index (χ2n) is 5.07. The second-order valence-corrected chi connectivity index (χ2v) is 7.06. The van der Waals surface area contributed by atoms with E-state index in [0.717, 1.165) is 29.5 Å². The molecule has 0 aliphatic rings. The molecule has 1 N–H and O–H groups in total. The lowest BCUT2D eigenvalue weighted by atomic mass is 10.2. The lowest BCUT2D eigenvalue weighted by molar-refractivity contribution is -0.116. The highest BCUT2D eigenvalue weighted by Gasteiger charge is 2.21. The molecule has 0 fully saturated rings. The van der Waals surface area contributed by atoms with Crippen molar-refractivity contribution in [1.82, 2.24) is 4.31 Å². The lowest BCUT2D eigenvalue weighted by Gasteiger charge is -2.19. The van der Waals surface area contributed by atoms with Crippen LogP contribution in [0.2, 0.25) is 0 Å². The SMILES string of the molecule is CCCCCN(CC(=O)Nc1ccc(F)c(F)c1F)S(C)(=O)=O. The molecular formula is C14H19F3N2O3S. The van der Waals surface area contributed by atoms with Gasteiger partial charge in [-0.05, 0) is 18.6 Å². The lowest BCUT2D eigenvalue weighted by Crippen LogP contribution is -2.38. The molecule has 5 nitrogen and oxygen atoms in total. The third-order valence-electron chi connectivity index (χ3n) is 3.11. The van der Waals surface area contributed by atoms with Gasteiger partial charge in [-0.2, -0.15) is 4.31 Å². The number of rotatable bonds is 8. The van der Waals surface area contributed by atoms with E-state index in [2.05, 4.69) is 0 Å². The van der Waals surface area contributed by atoms with Crippen LogP contribution in [0.1, 0.15) is 26.2 Å². The minimum absolute atomic E-state index is 0.153. The summed E-state index contributed by atoms with van der Waals surface area (Å²) in [6.45, 7) is 1.57. The molecule has 0 heterocycles. The summed E-state index contributed by atoms with van der Waals surface area (Å²) in [5, 5.41) is 2.04. The molecule has 1 rings (SSSR count). The number of benzene rings is 1. The number of carbonyl (C=O) groups excluding carboxylic acids is 1. The van der Waals surface area contributed by atoms with Gasteiger partial charge in [-0.1, -0.05) is 19.8 Å². The van der Waals surface area contributed by atoms with E-state index in [9.17, 15) is 26.4 Å². The third kappa shape index (κ3) is 5.83. The van der Waals surface area contributed by atoms with Crippen LogP contribution >= 0.6 is 0 Å². The molecule has 0 radical (unpaired) electrons. The fourth-order valence-electron chi connectivity index (χ4n) is 1.87. The first-order chi connectivity index (χ1) is 10.7. The number of sulfonamides is 1. The Morgan fingerprint density at radius 2 is 1.83 bits per heavy atom. The average molecular weight is 352 g/mol. The van der Waals surface area contributed by atoms with E-state index in [4.69, 9.17) is 0 Å². The predicted octanol–water partition coefficient (Wildman–Crippen LogP) is 2.49. The number of carbonyl (C=O) groups is 1. The Bertz CT molecular complexity index is 665. The van der Waals surface area contributed by atoms with Gasteiger partial charge in [-0.15, -0.1) is 0 Å². The van der Waals surface area contributed by atoms with Crippen LogP contribution in [0, 0.1) is 17.5 Å². The van der Waals surface area contributed by atoms with Crippen LogP contribution in [-0.4, -0.2) is 38.0 Å². The standard InChI is InChI=1S/C14H19F3N2O3S/c1-3-4-5-8-19(23(2,21)22)9-12(20)18-11-7-6-10(15)13(16)14(11)17/h6-7H,3-5,8-9H2,1-2H3,(H,18,20). The Morgan fingerprint density at radius 1 is 1.17 bits per heavy atom. The summed E-state index contributed by atoms with van der Waals surface area (Å²) < 4.78 is 63.6. The van der Waals surface area contributed by atoms with Crippen LogP contribution in [0.4, 0.5) is 18.9 Å². The topological polar surface area (TPSA) is 66.5 Å². The Kier molecular flexibility index (Phi) is 7.01. The van der Waals surface area contributed by atoms with Crippen LogP contribution in [-0.2, 0) is 14.8 Å². The summed E-state index contributed by atoms with van der Waals surface area (Å²) in [5.74, 6) is -5.45. The van der Waals surface area contributed by atoms with E-state index >= 15 is 0 Å². The van der Waals surface area contributed by atoms with Gasteiger partial charge < -0.3 is 5.32 Å². The van der Waals surface area contributed by atoms with Crippen LogP contribution in [0.15, 0.2) is 12.1 Å². The van der Waals surface area contributed by atoms with E-state index in [1.54, 1.807) is 0 Å². The average Bonchev–Trinajstić information content (AvgIpc) is 2.46.